The zero-order valence-electron chi connectivity index (χ0n) is 10.5. The number of hydrogen-bond donors (Lipinski definition) is 1. The summed E-state index contributed by atoms with van der Waals surface area (Å²) in [6.45, 7) is 8.82. The van der Waals surface area contributed by atoms with E-state index in [-0.39, 0.29) is 5.41 Å². The monoisotopic (exact) mass is 283 g/mol. The number of hydrogen-bond acceptors (Lipinski definition) is 1. The van der Waals surface area contributed by atoms with Gasteiger partial charge in [-0.1, -0.05) is 48.8 Å². The molecule has 0 aliphatic heterocycles. The second-order valence-electron chi connectivity index (χ2n) is 4.28. The first kappa shape index (κ1) is 13.7. The fourth-order valence-corrected chi connectivity index (χ4v) is 2.59. The van der Waals surface area contributed by atoms with Gasteiger partial charge < -0.3 is 5.32 Å². The summed E-state index contributed by atoms with van der Waals surface area (Å²) in [6.07, 6.45) is 2.35. The van der Waals surface area contributed by atoms with Gasteiger partial charge in [-0.3, -0.25) is 0 Å². The summed E-state index contributed by atoms with van der Waals surface area (Å²) in [5.41, 5.74) is 1.72. The SMILES string of the molecule is CCNCC(CC)(CC)c1cccc(Br)c1. The molecule has 0 aliphatic carbocycles. The van der Waals surface area contributed by atoms with Crippen molar-refractivity contribution in [1.29, 1.82) is 0 Å². The van der Waals surface area contributed by atoms with E-state index in [1.807, 2.05) is 0 Å². The Kier molecular flexibility index (Phi) is 5.50. The molecule has 1 aromatic carbocycles. The molecule has 2 heteroatoms. The third-order valence-electron chi connectivity index (χ3n) is 3.50. The third kappa shape index (κ3) is 3.08. The van der Waals surface area contributed by atoms with Gasteiger partial charge in [0.1, 0.15) is 0 Å². The summed E-state index contributed by atoms with van der Waals surface area (Å²) in [5.74, 6) is 0. The summed E-state index contributed by atoms with van der Waals surface area (Å²) in [7, 11) is 0. The van der Waals surface area contributed by atoms with E-state index in [1.54, 1.807) is 0 Å². The molecule has 0 atom stereocenters. The summed E-state index contributed by atoms with van der Waals surface area (Å²) in [4.78, 5) is 0. The summed E-state index contributed by atoms with van der Waals surface area (Å²) >= 11 is 3.56. The lowest BCUT2D eigenvalue weighted by molar-refractivity contribution is 0.372. The van der Waals surface area contributed by atoms with E-state index in [1.165, 1.54) is 22.9 Å². The molecule has 0 aliphatic rings. The fraction of sp³-hybridized carbons (Fsp3) is 0.571. The Balaban J connectivity index is 2.99. The van der Waals surface area contributed by atoms with Gasteiger partial charge in [-0.2, -0.15) is 0 Å². The van der Waals surface area contributed by atoms with E-state index in [0.717, 1.165) is 13.1 Å². The minimum atomic E-state index is 0.278. The van der Waals surface area contributed by atoms with Crippen molar-refractivity contribution in [2.75, 3.05) is 13.1 Å². The number of halogens is 1. The van der Waals surface area contributed by atoms with Gasteiger partial charge in [-0.15, -0.1) is 0 Å². The van der Waals surface area contributed by atoms with Crippen molar-refractivity contribution in [3.05, 3.63) is 34.3 Å². The molecule has 0 fully saturated rings. The van der Waals surface area contributed by atoms with Gasteiger partial charge in [-0.25, -0.2) is 0 Å². The molecule has 0 saturated carbocycles. The van der Waals surface area contributed by atoms with Crippen LogP contribution < -0.4 is 5.32 Å². The molecule has 0 amide bonds. The largest absolute Gasteiger partial charge is 0.316 e. The van der Waals surface area contributed by atoms with Gasteiger partial charge in [0.2, 0.25) is 0 Å². The minimum absolute atomic E-state index is 0.278. The van der Waals surface area contributed by atoms with Crippen molar-refractivity contribution in [2.24, 2.45) is 0 Å². The van der Waals surface area contributed by atoms with Gasteiger partial charge in [0.15, 0.2) is 0 Å². The quantitative estimate of drug-likeness (QED) is 0.828. The van der Waals surface area contributed by atoms with E-state index in [4.69, 9.17) is 0 Å². The molecular formula is C14H22BrN. The van der Waals surface area contributed by atoms with Crippen molar-refractivity contribution in [3.63, 3.8) is 0 Å². The maximum Gasteiger partial charge on any atom is 0.0178 e. The lowest BCUT2D eigenvalue weighted by Crippen LogP contribution is -2.37. The van der Waals surface area contributed by atoms with Crippen LogP contribution in [0.15, 0.2) is 28.7 Å². The van der Waals surface area contributed by atoms with Crippen LogP contribution in [-0.4, -0.2) is 13.1 Å². The predicted molar refractivity (Wildman–Crippen MR) is 74.9 cm³/mol. The van der Waals surface area contributed by atoms with Crippen LogP contribution in [0.5, 0.6) is 0 Å². The first-order valence-corrected chi connectivity index (χ1v) is 6.94. The highest BCUT2D eigenvalue weighted by molar-refractivity contribution is 9.10. The number of benzene rings is 1. The molecule has 0 unspecified atom stereocenters. The maximum atomic E-state index is 3.56. The van der Waals surface area contributed by atoms with Crippen molar-refractivity contribution in [2.45, 2.75) is 39.0 Å². The molecule has 0 bridgehead atoms. The van der Waals surface area contributed by atoms with Crippen LogP contribution >= 0.6 is 15.9 Å². The molecule has 0 heterocycles. The third-order valence-corrected chi connectivity index (χ3v) is 4.00. The van der Waals surface area contributed by atoms with Crippen LogP contribution in [0.1, 0.15) is 39.2 Å². The molecule has 0 radical (unpaired) electrons. The number of nitrogens with one attached hydrogen (secondary N) is 1. The number of rotatable bonds is 6. The molecule has 0 aromatic heterocycles. The molecule has 0 spiro atoms. The van der Waals surface area contributed by atoms with E-state index < -0.39 is 0 Å². The molecule has 1 rings (SSSR count). The van der Waals surface area contributed by atoms with Crippen molar-refractivity contribution in [1.82, 2.24) is 5.32 Å². The van der Waals surface area contributed by atoms with Gasteiger partial charge in [-0.05, 0) is 37.1 Å². The average Bonchev–Trinajstić information content (AvgIpc) is 2.31. The molecule has 16 heavy (non-hydrogen) atoms. The second-order valence-corrected chi connectivity index (χ2v) is 5.19. The standard InChI is InChI=1S/C14H22BrN/c1-4-14(5-2,11-16-6-3)12-8-7-9-13(15)10-12/h7-10,16H,4-6,11H2,1-3H3. The fourth-order valence-electron chi connectivity index (χ4n) is 2.19. The smallest absolute Gasteiger partial charge is 0.0178 e. The van der Waals surface area contributed by atoms with E-state index >= 15 is 0 Å². The van der Waals surface area contributed by atoms with E-state index in [0.29, 0.717) is 0 Å². The Morgan fingerprint density at radius 1 is 1.19 bits per heavy atom. The Hall–Kier alpha value is -0.340. The van der Waals surface area contributed by atoms with Crippen molar-refractivity contribution in [3.8, 4) is 0 Å². The molecule has 1 aromatic rings. The Labute approximate surface area is 108 Å². The molecule has 0 saturated heterocycles. The highest BCUT2D eigenvalue weighted by Crippen LogP contribution is 2.32. The molecular weight excluding hydrogens is 262 g/mol. The highest BCUT2D eigenvalue weighted by atomic mass is 79.9. The van der Waals surface area contributed by atoms with Crippen molar-refractivity contribution < 1.29 is 0 Å². The van der Waals surface area contributed by atoms with Crippen LogP contribution in [0.25, 0.3) is 0 Å². The lowest BCUT2D eigenvalue weighted by Gasteiger charge is -2.33. The number of likely N-dealkylation sites (N-methyl/N-ethyl adjacent to an activating group) is 1. The average molecular weight is 284 g/mol. The molecule has 1 nitrogen and oxygen atoms in total. The zero-order valence-corrected chi connectivity index (χ0v) is 12.1. The normalized spacial score (nSPS) is 11.8. The maximum absolute atomic E-state index is 3.56. The van der Waals surface area contributed by atoms with Gasteiger partial charge >= 0.3 is 0 Å². The van der Waals surface area contributed by atoms with Crippen LogP contribution in [0.4, 0.5) is 0 Å². The van der Waals surface area contributed by atoms with Gasteiger partial charge in [0.25, 0.3) is 0 Å². The highest BCUT2D eigenvalue weighted by Gasteiger charge is 2.27. The molecule has 1 N–H and O–H groups in total. The Bertz CT molecular complexity index is 318. The minimum Gasteiger partial charge on any atom is -0.316 e. The Morgan fingerprint density at radius 2 is 1.88 bits per heavy atom. The predicted octanol–water partition coefficient (Wildman–Crippen LogP) is 4.12. The lowest BCUT2D eigenvalue weighted by atomic mass is 9.76. The summed E-state index contributed by atoms with van der Waals surface area (Å²) in [6, 6.07) is 8.72. The van der Waals surface area contributed by atoms with Crippen molar-refractivity contribution >= 4 is 15.9 Å². The zero-order chi connectivity index (χ0) is 12.0. The second kappa shape index (κ2) is 6.41. The van der Waals surface area contributed by atoms with Crippen LogP contribution in [0.2, 0.25) is 0 Å². The van der Waals surface area contributed by atoms with E-state index in [9.17, 15) is 0 Å². The molecule has 90 valence electrons. The topological polar surface area (TPSA) is 12.0 Å². The van der Waals surface area contributed by atoms with Crippen LogP contribution in [0, 0.1) is 0 Å². The first-order chi connectivity index (χ1) is 7.68. The summed E-state index contributed by atoms with van der Waals surface area (Å²) < 4.78 is 1.17. The van der Waals surface area contributed by atoms with Gasteiger partial charge in [0.05, 0.1) is 0 Å². The van der Waals surface area contributed by atoms with Crippen LogP contribution in [0.3, 0.4) is 0 Å². The first-order valence-electron chi connectivity index (χ1n) is 6.15. The Morgan fingerprint density at radius 3 is 2.38 bits per heavy atom. The summed E-state index contributed by atoms with van der Waals surface area (Å²) in [5, 5.41) is 3.49. The van der Waals surface area contributed by atoms with E-state index in [2.05, 4.69) is 66.3 Å². The van der Waals surface area contributed by atoms with Gasteiger partial charge in [0, 0.05) is 16.4 Å². The van der Waals surface area contributed by atoms with Crippen LogP contribution in [-0.2, 0) is 5.41 Å².